The molecule has 0 radical (unpaired) electrons. The molecule has 0 amide bonds. The van der Waals surface area contributed by atoms with Crippen LogP contribution >= 0.6 is 0 Å². The normalized spacial score (nSPS) is 10.9. The van der Waals surface area contributed by atoms with Crippen molar-refractivity contribution >= 4 is 34.8 Å². The molecule has 2 N–H and O–H groups in total. The number of anilines is 2. The zero-order valence-electron chi connectivity index (χ0n) is 11.7. The van der Waals surface area contributed by atoms with E-state index < -0.39 is 0 Å². The van der Waals surface area contributed by atoms with Gasteiger partial charge in [-0.15, -0.1) is 0 Å². The third kappa shape index (κ3) is 2.52. The Kier molecular flexibility index (Phi) is 3.69. The van der Waals surface area contributed by atoms with Crippen molar-refractivity contribution in [2.45, 2.75) is 13.8 Å². The van der Waals surface area contributed by atoms with Crippen LogP contribution in [0.25, 0.3) is 10.9 Å². The van der Waals surface area contributed by atoms with Gasteiger partial charge in [-0.25, -0.2) is 4.98 Å². The van der Waals surface area contributed by atoms with E-state index in [-0.39, 0.29) is 0 Å². The molecule has 0 aliphatic heterocycles. The molecule has 1 aromatic heterocycles. The maximum atomic E-state index is 6.00. The summed E-state index contributed by atoms with van der Waals surface area (Å²) in [6.07, 6.45) is 0. The first-order valence-electron chi connectivity index (χ1n) is 6.40. The van der Waals surface area contributed by atoms with Crippen LogP contribution in [0.5, 0.6) is 0 Å². The Bertz CT molecular complexity index is 604. The van der Waals surface area contributed by atoms with Gasteiger partial charge >= 0.3 is 0 Å². The maximum Gasteiger partial charge on any atom is 0.152 e. The molecule has 0 saturated carbocycles. The number of nitrogens with two attached hydrogens (primary N) is 1. The zero-order valence-corrected chi connectivity index (χ0v) is 11.7. The molecule has 19 heavy (non-hydrogen) atoms. The molecule has 1 heterocycles. The molecule has 0 atom stereocenters. The predicted octanol–water partition coefficient (Wildman–Crippen LogP) is 3.24. The Labute approximate surface area is 114 Å². The highest BCUT2D eigenvalue weighted by Crippen LogP contribution is 2.38. The van der Waals surface area contributed by atoms with Gasteiger partial charge in [0.2, 0.25) is 0 Å². The fraction of sp³-hybridized carbons (Fsp3) is 0.333. The average molecular weight is 256 g/mol. The summed E-state index contributed by atoms with van der Waals surface area (Å²) in [6, 6.07) is 7.97. The Morgan fingerprint density at radius 2 is 2.05 bits per heavy atom. The van der Waals surface area contributed by atoms with Crippen molar-refractivity contribution in [2.75, 3.05) is 24.2 Å². The van der Waals surface area contributed by atoms with E-state index >= 15 is 0 Å². The topological polar surface area (TPSA) is 54.5 Å². The second kappa shape index (κ2) is 5.26. The number of aromatic nitrogens is 1. The number of nitrogens with zero attached hydrogens (tertiary/aromatic N) is 3. The molecule has 0 saturated heterocycles. The molecule has 0 fully saturated rings. The Morgan fingerprint density at radius 1 is 1.37 bits per heavy atom. The number of para-hydroxylation sites is 1. The van der Waals surface area contributed by atoms with Crippen molar-refractivity contribution in [3.63, 3.8) is 0 Å². The number of benzene rings is 1. The van der Waals surface area contributed by atoms with Crippen molar-refractivity contribution in [3.05, 3.63) is 24.3 Å². The highest BCUT2D eigenvalue weighted by molar-refractivity contribution is 6.01. The van der Waals surface area contributed by atoms with E-state index in [2.05, 4.69) is 42.5 Å². The first kappa shape index (κ1) is 13.3. The van der Waals surface area contributed by atoms with Crippen LogP contribution in [0.1, 0.15) is 13.8 Å². The van der Waals surface area contributed by atoms with Crippen LogP contribution in [-0.2, 0) is 0 Å². The molecule has 0 bridgehead atoms. The summed E-state index contributed by atoms with van der Waals surface area (Å²) in [7, 11) is 2.05. The molecule has 4 nitrogen and oxygen atoms in total. The van der Waals surface area contributed by atoms with E-state index in [4.69, 9.17) is 5.73 Å². The summed E-state index contributed by atoms with van der Waals surface area (Å²) in [5, 5.41) is 1.06. The number of nitrogen functional groups attached to an aromatic ring is 1. The number of hydrogen-bond acceptors (Lipinski definition) is 4. The lowest BCUT2D eigenvalue weighted by molar-refractivity contribution is 0.639. The van der Waals surface area contributed by atoms with Gasteiger partial charge in [-0.1, -0.05) is 32.0 Å². The summed E-state index contributed by atoms with van der Waals surface area (Å²) in [6.45, 7) is 8.92. The summed E-state index contributed by atoms with van der Waals surface area (Å²) >= 11 is 0. The summed E-state index contributed by atoms with van der Waals surface area (Å²) in [4.78, 5) is 10.6. The van der Waals surface area contributed by atoms with Crippen LogP contribution in [0.3, 0.4) is 0 Å². The van der Waals surface area contributed by atoms with E-state index in [1.165, 1.54) is 0 Å². The van der Waals surface area contributed by atoms with Crippen LogP contribution in [0, 0.1) is 5.92 Å². The molecular formula is C15H20N4. The van der Waals surface area contributed by atoms with Crippen LogP contribution in [-0.4, -0.2) is 25.3 Å². The minimum Gasteiger partial charge on any atom is -0.382 e. The van der Waals surface area contributed by atoms with Crippen LogP contribution in [0.4, 0.5) is 17.2 Å². The van der Waals surface area contributed by atoms with Gasteiger partial charge in [0.1, 0.15) is 5.69 Å². The number of hydrogen-bond donors (Lipinski definition) is 1. The van der Waals surface area contributed by atoms with Gasteiger partial charge in [-0.05, 0) is 18.7 Å². The van der Waals surface area contributed by atoms with Crippen LogP contribution < -0.4 is 10.6 Å². The van der Waals surface area contributed by atoms with Gasteiger partial charge < -0.3 is 10.6 Å². The number of aliphatic imine (C=N–C) groups is 1. The molecule has 100 valence electrons. The minimum atomic E-state index is 0.430. The first-order chi connectivity index (χ1) is 9.04. The quantitative estimate of drug-likeness (QED) is 0.854. The largest absolute Gasteiger partial charge is 0.382 e. The van der Waals surface area contributed by atoms with E-state index in [9.17, 15) is 0 Å². The Balaban J connectivity index is 2.70. The second-order valence-corrected chi connectivity index (χ2v) is 5.14. The van der Waals surface area contributed by atoms with E-state index in [0.29, 0.717) is 17.4 Å². The number of rotatable bonds is 4. The minimum absolute atomic E-state index is 0.430. The molecule has 0 unspecified atom stereocenters. The third-order valence-electron chi connectivity index (χ3n) is 3.05. The van der Waals surface area contributed by atoms with E-state index in [1.54, 1.807) is 0 Å². The van der Waals surface area contributed by atoms with Crippen molar-refractivity contribution in [1.29, 1.82) is 0 Å². The molecule has 0 aliphatic rings. The van der Waals surface area contributed by atoms with Crippen LogP contribution in [0.15, 0.2) is 29.3 Å². The SMILES string of the molecule is C=Nc1c(N)nc2ccccc2c1N(C)CC(C)C. The predicted molar refractivity (Wildman–Crippen MR) is 83.5 cm³/mol. The molecule has 0 spiro atoms. The summed E-state index contributed by atoms with van der Waals surface area (Å²) in [5.74, 6) is 0.982. The van der Waals surface area contributed by atoms with Gasteiger partial charge in [-0.3, -0.25) is 4.99 Å². The lowest BCUT2D eigenvalue weighted by Crippen LogP contribution is -2.23. The van der Waals surface area contributed by atoms with Gasteiger partial charge in [0.15, 0.2) is 5.82 Å². The standard InChI is InChI=1S/C15H20N4/c1-10(2)9-19(4)14-11-7-5-6-8-12(11)18-15(16)13(14)17-3/h5-8,10H,3,9H2,1-2,4H3,(H2,16,18). The average Bonchev–Trinajstić information content (AvgIpc) is 2.36. The molecule has 0 aliphatic carbocycles. The van der Waals surface area contributed by atoms with Gasteiger partial charge in [-0.2, -0.15) is 0 Å². The summed E-state index contributed by atoms with van der Waals surface area (Å²) in [5.41, 5.74) is 8.56. The fourth-order valence-corrected chi connectivity index (χ4v) is 2.38. The fourth-order valence-electron chi connectivity index (χ4n) is 2.38. The molecule has 2 rings (SSSR count). The zero-order chi connectivity index (χ0) is 14.0. The summed E-state index contributed by atoms with van der Waals surface area (Å²) < 4.78 is 0. The molecule has 4 heteroatoms. The van der Waals surface area contributed by atoms with Gasteiger partial charge in [0, 0.05) is 19.0 Å². The van der Waals surface area contributed by atoms with Crippen LogP contribution in [0.2, 0.25) is 0 Å². The maximum absolute atomic E-state index is 6.00. The molecule has 2 aromatic rings. The van der Waals surface area contributed by atoms with Crippen molar-refractivity contribution in [3.8, 4) is 0 Å². The Hall–Kier alpha value is -2.10. The van der Waals surface area contributed by atoms with E-state index in [0.717, 1.165) is 23.1 Å². The highest BCUT2D eigenvalue weighted by Gasteiger charge is 2.16. The van der Waals surface area contributed by atoms with E-state index in [1.807, 2.05) is 24.3 Å². The third-order valence-corrected chi connectivity index (χ3v) is 3.05. The first-order valence-corrected chi connectivity index (χ1v) is 6.40. The lowest BCUT2D eigenvalue weighted by Gasteiger charge is -2.25. The lowest BCUT2D eigenvalue weighted by atomic mass is 10.1. The van der Waals surface area contributed by atoms with Crippen molar-refractivity contribution in [2.24, 2.45) is 10.9 Å². The number of pyridine rings is 1. The number of fused-ring (bicyclic) bond motifs is 1. The highest BCUT2D eigenvalue weighted by atomic mass is 15.1. The van der Waals surface area contributed by atoms with Gasteiger partial charge in [0.25, 0.3) is 0 Å². The monoisotopic (exact) mass is 256 g/mol. The molecule has 1 aromatic carbocycles. The van der Waals surface area contributed by atoms with Gasteiger partial charge in [0.05, 0.1) is 11.2 Å². The molecular weight excluding hydrogens is 236 g/mol. The smallest absolute Gasteiger partial charge is 0.152 e. The second-order valence-electron chi connectivity index (χ2n) is 5.14. The Morgan fingerprint density at radius 3 is 2.68 bits per heavy atom. The van der Waals surface area contributed by atoms with Crippen molar-refractivity contribution < 1.29 is 0 Å². The van der Waals surface area contributed by atoms with Crippen molar-refractivity contribution in [1.82, 2.24) is 4.98 Å².